The van der Waals surface area contributed by atoms with Gasteiger partial charge in [0.25, 0.3) is 0 Å². The molecule has 106 valence electrons. The maximum atomic E-state index is 10.4. The third-order valence-electron chi connectivity index (χ3n) is 4.50. The van der Waals surface area contributed by atoms with Gasteiger partial charge in [-0.25, -0.2) is 4.98 Å². The van der Waals surface area contributed by atoms with Crippen molar-refractivity contribution in [2.24, 2.45) is 0 Å². The number of rotatable bonds is 2. The van der Waals surface area contributed by atoms with Crippen LogP contribution < -0.4 is 5.32 Å². The first kappa shape index (κ1) is 12.1. The number of hydrogen-bond donors (Lipinski definition) is 2. The molecular weight excluding hydrogens is 252 g/mol. The molecule has 2 aliphatic rings. The molecule has 1 aliphatic carbocycles. The van der Waals surface area contributed by atoms with Crippen LogP contribution in [0.2, 0.25) is 0 Å². The first-order valence-corrected chi connectivity index (χ1v) is 7.56. The molecule has 4 rings (SSSR count). The van der Waals surface area contributed by atoms with Gasteiger partial charge < -0.3 is 10.4 Å². The highest BCUT2D eigenvalue weighted by molar-refractivity contribution is 5.48. The van der Waals surface area contributed by atoms with Crippen LogP contribution >= 0.6 is 0 Å². The molecule has 20 heavy (non-hydrogen) atoms. The zero-order valence-electron chi connectivity index (χ0n) is 11.8. The van der Waals surface area contributed by atoms with Crippen LogP contribution in [0.1, 0.15) is 61.0 Å². The second-order valence-electron chi connectivity index (χ2n) is 6.06. The topological polar surface area (TPSA) is 62.5 Å². The highest BCUT2D eigenvalue weighted by atomic mass is 16.3. The van der Waals surface area contributed by atoms with Crippen LogP contribution in [0.4, 0.5) is 0 Å². The van der Waals surface area contributed by atoms with Crippen LogP contribution in [0, 0.1) is 6.92 Å². The van der Waals surface area contributed by atoms with Gasteiger partial charge in [0, 0.05) is 17.5 Å². The Kier molecular flexibility index (Phi) is 2.70. The van der Waals surface area contributed by atoms with Gasteiger partial charge in [-0.15, -0.1) is 0 Å². The van der Waals surface area contributed by atoms with Crippen LogP contribution in [0.25, 0.3) is 5.65 Å². The summed E-state index contributed by atoms with van der Waals surface area (Å²) in [7, 11) is 0. The van der Waals surface area contributed by atoms with Crippen molar-refractivity contribution in [3.63, 3.8) is 0 Å². The summed E-state index contributed by atoms with van der Waals surface area (Å²) in [5.41, 5.74) is 3.71. The van der Waals surface area contributed by atoms with Gasteiger partial charge in [0.2, 0.25) is 5.88 Å². The Morgan fingerprint density at radius 2 is 2.15 bits per heavy atom. The summed E-state index contributed by atoms with van der Waals surface area (Å²) in [5, 5.41) is 18.4. The minimum absolute atomic E-state index is 0.249. The SMILES string of the molecule is Cc1c(C2CC2)nc2cc(C3CCCCN3)nn2c1O. The summed E-state index contributed by atoms with van der Waals surface area (Å²) in [6.45, 7) is 2.99. The monoisotopic (exact) mass is 272 g/mol. The van der Waals surface area contributed by atoms with E-state index >= 15 is 0 Å². The molecule has 2 aromatic heterocycles. The third kappa shape index (κ3) is 1.88. The number of nitrogens with zero attached hydrogens (tertiary/aromatic N) is 3. The number of nitrogens with one attached hydrogen (secondary N) is 1. The molecular formula is C15H20N4O. The van der Waals surface area contributed by atoms with E-state index in [0.717, 1.165) is 35.6 Å². The third-order valence-corrected chi connectivity index (χ3v) is 4.50. The lowest BCUT2D eigenvalue weighted by Crippen LogP contribution is -2.27. The van der Waals surface area contributed by atoms with Gasteiger partial charge in [0.15, 0.2) is 5.65 Å². The summed E-state index contributed by atoms with van der Waals surface area (Å²) in [4.78, 5) is 4.73. The minimum atomic E-state index is 0.249. The van der Waals surface area contributed by atoms with Gasteiger partial charge in [-0.3, -0.25) is 0 Å². The highest BCUT2D eigenvalue weighted by Crippen LogP contribution is 2.42. The van der Waals surface area contributed by atoms with Crippen molar-refractivity contribution < 1.29 is 5.11 Å². The maximum absolute atomic E-state index is 10.4. The van der Waals surface area contributed by atoms with E-state index in [4.69, 9.17) is 4.98 Å². The molecule has 0 radical (unpaired) electrons. The molecule has 1 saturated heterocycles. The van der Waals surface area contributed by atoms with Gasteiger partial charge in [-0.1, -0.05) is 6.42 Å². The predicted octanol–water partition coefficient (Wildman–Crippen LogP) is 2.44. The van der Waals surface area contributed by atoms with Crippen molar-refractivity contribution in [1.29, 1.82) is 0 Å². The number of hydrogen-bond acceptors (Lipinski definition) is 4. The van der Waals surface area contributed by atoms with Gasteiger partial charge in [-0.05, 0) is 39.2 Å². The fourth-order valence-electron chi connectivity index (χ4n) is 3.13. The molecule has 1 saturated carbocycles. The van der Waals surface area contributed by atoms with E-state index in [-0.39, 0.29) is 5.88 Å². The van der Waals surface area contributed by atoms with E-state index < -0.39 is 0 Å². The fourth-order valence-corrected chi connectivity index (χ4v) is 3.13. The maximum Gasteiger partial charge on any atom is 0.218 e. The molecule has 3 heterocycles. The van der Waals surface area contributed by atoms with Crippen molar-refractivity contribution in [1.82, 2.24) is 19.9 Å². The second-order valence-corrected chi connectivity index (χ2v) is 6.06. The normalized spacial score (nSPS) is 23.4. The van der Waals surface area contributed by atoms with Gasteiger partial charge >= 0.3 is 0 Å². The summed E-state index contributed by atoms with van der Waals surface area (Å²) in [6.07, 6.45) is 5.96. The average Bonchev–Trinajstić information content (AvgIpc) is 3.23. The molecule has 2 aromatic rings. The lowest BCUT2D eigenvalue weighted by atomic mass is 10.0. The zero-order valence-corrected chi connectivity index (χ0v) is 11.8. The number of fused-ring (bicyclic) bond motifs is 1. The summed E-state index contributed by atoms with van der Waals surface area (Å²) < 4.78 is 1.59. The summed E-state index contributed by atoms with van der Waals surface area (Å²) in [6, 6.07) is 2.32. The van der Waals surface area contributed by atoms with E-state index in [1.54, 1.807) is 4.52 Å². The van der Waals surface area contributed by atoms with E-state index in [0.29, 0.717) is 12.0 Å². The number of aromatic hydroxyl groups is 1. The average molecular weight is 272 g/mol. The van der Waals surface area contributed by atoms with Crippen molar-refractivity contribution in [2.45, 2.75) is 51.0 Å². The van der Waals surface area contributed by atoms with Crippen LogP contribution in [0.3, 0.4) is 0 Å². The first-order chi connectivity index (χ1) is 9.74. The molecule has 1 unspecified atom stereocenters. The van der Waals surface area contributed by atoms with Crippen molar-refractivity contribution >= 4 is 5.65 Å². The Hall–Kier alpha value is -1.62. The van der Waals surface area contributed by atoms with Crippen molar-refractivity contribution in [3.8, 4) is 5.88 Å². The highest BCUT2D eigenvalue weighted by Gasteiger charge is 2.29. The number of aromatic nitrogens is 3. The van der Waals surface area contributed by atoms with Crippen LogP contribution in [-0.4, -0.2) is 26.2 Å². The Morgan fingerprint density at radius 3 is 2.85 bits per heavy atom. The van der Waals surface area contributed by atoms with Crippen molar-refractivity contribution in [3.05, 3.63) is 23.0 Å². The van der Waals surface area contributed by atoms with Gasteiger partial charge in [0.1, 0.15) is 0 Å². The summed E-state index contributed by atoms with van der Waals surface area (Å²) in [5.74, 6) is 0.788. The van der Waals surface area contributed by atoms with E-state index in [1.165, 1.54) is 25.7 Å². The lowest BCUT2D eigenvalue weighted by molar-refractivity contribution is 0.398. The molecule has 2 N–H and O–H groups in total. The van der Waals surface area contributed by atoms with Gasteiger partial charge in [0.05, 0.1) is 17.4 Å². The molecule has 5 heteroatoms. The quantitative estimate of drug-likeness (QED) is 0.881. The molecule has 0 bridgehead atoms. The second kappa shape index (κ2) is 4.45. The zero-order chi connectivity index (χ0) is 13.7. The molecule has 1 atom stereocenters. The molecule has 1 aliphatic heterocycles. The van der Waals surface area contributed by atoms with E-state index in [1.807, 2.05) is 13.0 Å². The van der Waals surface area contributed by atoms with E-state index in [9.17, 15) is 5.11 Å². The molecule has 0 aromatic carbocycles. The first-order valence-electron chi connectivity index (χ1n) is 7.56. The Bertz CT molecular complexity index is 653. The molecule has 5 nitrogen and oxygen atoms in total. The Balaban J connectivity index is 1.79. The van der Waals surface area contributed by atoms with Gasteiger partial charge in [-0.2, -0.15) is 9.61 Å². The predicted molar refractivity (Wildman–Crippen MR) is 76.0 cm³/mol. The van der Waals surface area contributed by atoms with E-state index in [2.05, 4.69) is 10.4 Å². The van der Waals surface area contributed by atoms with Crippen LogP contribution in [-0.2, 0) is 0 Å². The van der Waals surface area contributed by atoms with Crippen LogP contribution in [0.15, 0.2) is 6.07 Å². The Morgan fingerprint density at radius 1 is 1.30 bits per heavy atom. The smallest absolute Gasteiger partial charge is 0.218 e. The van der Waals surface area contributed by atoms with Crippen molar-refractivity contribution in [2.75, 3.05) is 6.54 Å². The standard InChI is InChI=1S/C15H20N4O/c1-9-14(10-5-6-10)17-13-8-12(18-19(13)15(9)20)11-4-2-3-7-16-11/h8,10-11,16,20H,2-7H2,1H3. The molecule has 0 spiro atoms. The van der Waals surface area contributed by atoms with Crippen LogP contribution in [0.5, 0.6) is 5.88 Å². The fraction of sp³-hybridized carbons (Fsp3) is 0.600. The summed E-state index contributed by atoms with van der Waals surface area (Å²) >= 11 is 0. The molecule has 2 fully saturated rings. The Labute approximate surface area is 118 Å². The number of piperidine rings is 1. The largest absolute Gasteiger partial charge is 0.493 e. The lowest BCUT2D eigenvalue weighted by Gasteiger charge is -2.21. The minimum Gasteiger partial charge on any atom is -0.493 e. The molecule has 0 amide bonds.